The first-order chi connectivity index (χ1) is 6.57. The molecule has 1 fully saturated rings. The van der Waals surface area contributed by atoms with Crippen molar-refractivity contribution in [3.05, 3.63) is 29.8 Å². The summed E-state index contributed by atoms with van der Waals surface area (Å²) in [4.78, 5) is 0. The third-order valence-electron chi connectivity index (χ3n) is 2.92. The van der Waals surface area contributed by atoms with E-state index in [9.17, 15) is 5.11 Å². The molecule has 1 unspecified atom stereocenters. The summed E-state index contributed by atoms with van der Waals surface area (Å²) in [7, 11) is 0. The standard InChI is InChI=1S/C12H17NO/c1-12(2)8-7-11(13-12)9-3-5-10(14)6-4-9/h3-6,11,13-14H,7-8H2,1-2H3. The normalized spacial score (nSPS) is 25.1. The van der Waals surface area contributed by atoms with Gasteiger partial charge in [-0.3, -0.25) is 0 Å². The molecule has 1 atom stereocenters. The van der Waals surface area contributed by atoms with Crippen LogP contribution in [0.3, 0.4) is 0 Å². The van der Waals surface area contributed by atoms with Gasteiger partial charge in [-0.25, -0.2) is 0 Å². The maximum Gasteiger partial charge on any atom is 0.115 e. The number of phenolic OH excluding ortho intramolecular Hbond substituents is 1. The van der Waals surface area contributed by atoms with Gasteiger partial charge in [-0.1, -0.05) is 12.1 Å². The highest BCUT2D eigenvalue weighted by Gasteiger charge is 2.30. The van der Waals surface area contributed by atoms with Gasteiger partial charge in [0.05, 0.1) is 0 Å². The first-order valence-electron chi connectivity index (χ1n) is 5.13. The van der Waals surface area contributed by atoms with Crippen molar-refractivity contribution in [1.82, 2.24) is 5.32 Å². The molecule has 14 heavy (non-hydrogen) atoms. The molecule has 0 bridgehead atoms. The lowest BCUT2D eigenvalue weighted by molar-refractivity contribution is 0.432. The fraction of sp³-hybridized carbons (Fsp3) is 0.500. The van der Waals surface area contributed by atoms with Crippen LogP contribution in [0.4, 0.5) is 0 Å². The van der Waals surface area contributed by atoms with Gasteiger partial charge >= 0.3 is 0 Å². The number of phenols is 1. The van der Waals surface area contributed by atoms with Gasteiger partial charge in [0.1, 0.15) is 5.75 Å². The van der Waals surface area contributed by atoms with Crippen molar-refractivity contribution in [3.8, 4) is 5.75 Å². The lowest BCUT2D eigenvalue weighted by Crippen LogP contribution is -2.33. The second-order valence-corrected chi connectivity index (χ2v) is 4.71. The summed E-state index contributed by atoms with van der Waals surface area (Å²) in [6, 6.07) is 7.94. The Labute approximate surface area is 85.0 Å². The predicted molar refractivity (Wildman–Crippen MR) is 57.3 cm³/mol. The number of rotatable bonds is 1. The molecule has 0 spiro atoms. The number of aromatic hydroxyl groups is 1. The van der Waals surface area contributed by atoms with Crippen LogP contribution in [0.5, 0.6) is 5.75 Å². The van der Waals surface area contributed by atoms with Crippen molar-refractivity contribution < 1.29 is 5.11 Å². The quantitative estimate of drug-likeness (QED) is 0.715. The van der Waals surface area contributed by atoms with Crippen molar-refractivity contribution in [2.45, 2.75) is 38.3 Å². The van der Waals surface area contributed by atoms with Crippen LogP contribution in [-0.4, -0.2) is 10.6 Å². The molecule has 2 nitrogen and oxygen atoms in total. The molecule has 0 saturated carbocycles. The average molecular weight is 191 g/mol. The van der Waals surface area contributed by atoms with Gasteiger partial charge in [-0.05, 0) is 44.4 Å². The van der Waals surface area contributed by atoms with Crippen LogP contribution in [0, 0.1) is 0 Å². The van der Waals surface area contributed by atoms with Crippen LogP contribution < -0.4 is 5.32 Å². The Kier molecular flexibility index (Phi) is 2.23. The van der Waals surface area contributed by atoms with Gasteiger partial charge in [-0.15, -0.1) is 0 Å². The van der Waals surface area contributed by atoms with E-state index in [1.165, 1.54) is 18.4 Å². The molecule has 1 aliphatic heterocycles. The van der Waals surface area contributed by atoms with E-state index >= 15 is 0 Å². The largest absolute Gasteiger partial charge is 0.508 e. The third-order valence-corrected chi connectivity index (χ3v) is 2.92. The minimum atomic E-state index is 0.253. The maximum atomic E-state index is 9.18. The maximum absolute atomic E-state index is 9.18. The molecule has 1 aromatic carbocycles. The van der Waals surface area contributed by atoms with Crippen LogP contribution in [0.15, 0.2) is 24.3 Å². The Morgan fingerprint density at radius 2 is 1.93 bits per heavy atom. The predicted octanol–water partition coefficient (Wildman–Crippen LogP) is 2.60. The third kappa shape index (κ3) is 1.90. The van der Waals surface area contributed by atoms with E-state index in [1.807, 2.05) is 12.1 Å². The minimum absolute atomic E-state index is 0.253. The van der Waals surface area contributed by atoms with Crippen molar-refractivity contribution in [2.24, 2.45) is 0 Å². The van der Waals surface area contributed by atoms with Crippen LogP contribution in [0.1, 0.15) is 38.3 Å². The van der Waals surface area contributed by atoms with Crippen molar-refractivity contribution >= 4 is 0 Å². The molecule has 0 amide bonds. The zero-order valence-electron chi connectivity index (χ0n) is 8.75. The second kappa shape index (κ2) is 3.28. The molecule has 0 radical (unpaired) electrons. The molecular formula is C12H17NO. The number of benzene rings is 1. The van der Waals surface area contributed by atoms with Gasteiger partial charge in [0.25, 0.3) is 0 Å². The second-order valence-electron chi connectivity index (χ2n) is 4.71. The first kappa shape index (κ1) is 9.53. The highest BCUT2D eigenvalue weighted by atomic mass is 16.3. The highest BCUT2D eigenvalue weighted by molar-refractivity contribution is 5.28. The highest BCUT2D eigenvalue weighted by Crippen LogP contribution is 2.32. The van der Waals surface area contributed by atoms with E-state index in [0.717, 1.165) is 0 Å². The van der Waals surface area contributed by atoms with E-state index in [1.54, 1.807) is 12.1 Å². The van der Waals surface area contributed by atoms with Crippen molar-refractivity contribution in [2.75, 3.05) is 0 Å². The molecule has 1 aromatic rings. The van der Waals surface area contributed by atoms with Gasteiger partial charge in [0.2, 0.25) is 0 Å². The fourth-order valence-electron chi connectivity index (χ4n) is 2.08. The molecular weight excluding hydrogens is 174 g/mol. The number of hydrogen-bond donors (Lipinski definition) is 2. The van der Waals surface area contributed by atoms with Crippen LogP contribution >= 0.6 is 0 Å². The lowest BCUT2D eigenvalue weighted by atomic mass is 10.0. The summed E-state index contributed by atoms with van der Waals surface area (Å²) >= 11 is 0. The summed E-state index contributed by atoms with van der Waals surface area (Å²) in [6.07, 6.45) is 2.39. The molecule has 0 aromatic heterocycles. The first-order valence-corrected chi connectivity index (χ1v) is 5.13. The zero-order chi connectivity index (χ0) is 10.2. The molecule has 2 heteroatoms. The van der Waals surface area contributed by atoms with Crippen molar-refractivity contribution in [3.63, 3.8) is 0 Å². The Morgan fingerprint density at radius 3 is 2.43 bits per heavy atom. The number of nitrogens with one attached hydrogen (secondary N) is 1. The molecule has 0 aliphatic carbocycles. The lowest BCUT2D eigenvalue weighted by Gasteiger charge is -2.20. The summed E-state index contributed by atoms with van der Waals surface area (Å²) in [5.74, 6) is 0.339. The molecule has 1 aliphatic rings. The zero-order valence-corrected chi connectivity index (χ0v) is 8.75. The van der Waals surface area contributed by atoms with E-state index in [0.29, 0.717) is 11.8 Å². The van der Waals surface area contributed by atoms with Gasteiger partial charge in [0, 0.05) is 11.6 Å². The average Bonchev–Trinajstić information content (AvgIpc) is 2.47. The topological polar surface area (TPSA) is 32.3 Å². The van der Waals surface area contributed by atoms with Crippen LogP contribution in [0.2, 0.25) is 0 Å². The summed E-state index contributed by atoms with van der Waals surface area (Å²) in [5, 5.41) is 12.8. The molecule has 76 valence electrons. The Bertz CT molecular complexity index is 316. The number of hydrogen-bond acceptors (Lipinski definition) is 2. The van der Waals surface area contributed by atoms with Crippen LogP contribution in [0.25, 0.3) is 0 Å². The molecule has 1 saturated heterocycles. The monoisotopic (exact) mass is 191 g/mol. The molecule has 1 heterocycles. The Balaban J connectivity index is 2.14. The minimum Gasteiger partial charge on any atom is -0.508 e. The van der Waals surface area contributed by atoms with E-state index in [-0.39, 0.29) is 5.54 Å². The van der Waals surface area contributed by atoms with Crippen molar-refractivity contribution in [1.29, 1.82) is 0 Å². The smallest absolute Gasteiger partial charge is 0.115 e. The van der Waals surface area contributed by atoms with E-state index in [4.69, 9.17) is 0 Å². The molecule has 2 N–H and O–H groups in total. The van der Waals surface area contributed by atoms with E-state index < -0.39 is 0 Å². The summed E-state index contributed by atoms with van der Waals surface area (Å²) in [6.45, 7) is 4.46. The van der Waals surface area contributed by atoms with Gasteiger partial charge in [-0.2, -0.15) is 0 Å². The fourth-order valence-corrected chi connectivity index (χ4v) is 2.08. The van der Waals surface area contributed by atoms with Gasteiger partial charge in [0.15, 0.2) is 0 Å². The van der Waals surface area contributed by atoms with Crippen LogP contribution in [-0.2, 0) is 0 Å². The molecule has 2 rings (SSSR count). The van der Waals surface area contributed by atoms with Gasteiger partial charge < -0.3 is 10.4 Å². The Hall–Kier alpha value is -1.02. The summed E-state index contributed by atoms with van der Waals surface area (Å²) < 4.78 is 0. The Morgan fingerprint density at radius 1 is 1.29 bits per heavy atom. The SMILES string of the molecule is CC1(C)CCC(c2ccc(O)cc2)N1. The van der Waals surface area contributed by atoms with E-state index in [2.05, 4.69) is 19.2 Å². The summed E-state index contributed by atoms with van der Waals surface area (Å²) in [5.41, 5.74) is 1.52.